The van der Waals surface area contributed by atoms with Gasteiger partial charge in [0.05, 0.1) is 4.92 Å². The molecule has 0 bridgehead atoms. The van der Waals surface area contributed by atoms with E-state index in [0.29, 0.717) is 18.0 Å². The summed E-state index contributed by atoms with van der Waals surface area (Å²) in [7, 11) is 0. The summed E-state index contributed by atoms with van der Waals surface area (Å²) in [4.78, 5) is 21.7. The van der Waals surface area contributed by atoms with Crippen molar-refractivity contribution in [1.29, 1.82) is 0 Å². The highest BCUT2D eigenvalue weighted by molar-refractivity contribution is 5.94. The molecule has 0 heterocycles. The van der Waals surface area contributed by atoms with Gasteiger partial charge in [0, 0.05) is 24.2 Å². The van der Waals surface area contributed by atoms with Gasteiger partial charge in [0.2, 0.25) is 0 Å². The summed E-state index contributed by atoms with van der Waals surface area (Å²) in [5.41, 5.74) is 0.468. The van der Waals surface area contributed by atoms with E-state index in [0.717, 1.165) is 0 Å². The molecule has 2 rings (SSSR count). The smallest absolute Gasteiger partial charge is 0.269 e. The number of rotatable bonds is 4. The second-order valence-electron chi connectivity index (χ2n) is 4.31. The minimum absolute atomic E-state index is 0.000503. The largest absolute Gasteiger partial charge is 0.352 e. The van der Waals surface area contributed by atoms with Crippen molar-refractivity contribution in [2.45, 2.75) is 19.3 Å². The summed E-state index contributed by atoms with van der Waals surface area (Å²) in [6.45, 7) is 0.704. The second kappa shape index (κ2) is 4.95. The van der Waals surface area contributed by atoms with E-state index in [4.69, 9.17) is 0 Å². The topological polar surface area (TPSA) is 72.2 Å². The van der Waals surface area contributed by atoms with Crippen molar-refractivity contribution in [1.82, 2.24) is 5.32 Å². The molecule has 0 saturated heterocycles. The van der Waals surface area contributed by atoms with Crippen LogP contribution in [0.15, 0.2) is 24.3 Å². The number of hydrogen-bond acceptors (Lipinski definition) is 3. The molecule has 90 valence electrons. The third-order valence-corrected chi connectivity index (χ3v) is 3.12. The van der Waals surface area contributed by atoms with E-state index in [2.05, 4.69) is 5.32 Å². The Labute approximate surface area is 99.0 Å². The zero-order valence-electron chi connectivity index (χ0n) is 9.39. The lowest BCUT2D eigenvalue weighted by Gasteiger charge is -2.25. The Kier molecular flexibility index (Phi) is 3.37. The van der Waals surface area contributed by atoms with E-state index in [1.165, 1.54) is 43.5 Å². The van der Waals surface area contributed by atoms with E-state index in [9.17, 15) is 14.9 Å². The molecule has 1 N–H and O–H groups in total. The molecule has 1 fully saturated rings. The first-order chi connectivity index (χ1) is 8.16. The summed E-state index contributed by atoms with van der Waals surface area (Å²) in [6.07, 6.45) is 3.61. The number of nitro benzene ring substituents is 1. The van der Waals surface area contributed by atoms with Crippen molar-refractivity contribution >= 4 is 11.6 Å². The van der Waals surface area contributed by atoms with Gasteiger partial charge in [0.15, 0.2) is 0 Å². The SMILES string of the molecule is O=C(NCC1CCC1)c1ccc([N+](=O)[O-])cc1. The molecule has 5 heteroatoms. The van der Waals surface area contributed by atoms with Crippen LogP contribution in [0.1, 0.15) is 29.6 Å². The summed E-state index contributed by atoms with van der Waals surface area (Å²) >= 11 is 0. The molecule has 1 saturated carbocycles. The van der Waals surface area contributed by atoms with Crippen molar-refractivity contribution < 1.29 is 9.72 Å². The van der Waals surface area contributed by atoms with Gasteiger partial charge in [-0.3, -0.25) is 14.9 Å². The van der Waals surface area contributed by atoms with Crippen molar-refractivity contribution in [3.63, 3.8) is 0 Å². The van der Waals surface area contributed by atoms with Crippen molar-refractivity contribution in [3.05, 3.63) is 39.9 Å². The highest BCUT2D eigenvalue weighted by atomic mass is 16.6. The van der Waals surface area contributed by atoms with Gasteiger partial charge < -0.3 is 5.32 Å². The Morgan fingerprint density at radius 3 is 2.47 bits per heavy atom. The number of nitrogens with one attached hydrogen (secondary N) is 1. The highest BCUT2D eigenvalue weighted by Gasteiger charge is 2.18. The van der Waals surface area contributed by atoms with Gasteiger partial charge in [-0.15, -0.1) is 0 Å². The van der Waals surface area contributed by atoms with Crippen LogP contribution in [0, 0.1) is 16.0 Å². The molecule has 0 aromatic heterocycles. The Balaban J connectivity index is 1.91. The number of benzene rings is 1. The maximum absolute atomic E-state index is 11.7. The first kappa shape index (κ1) is 11.6. The van der Waals surface area contributed by atoms with Crippen molar-refractivity contribution in [2.75, 3.05) is 6.54 Å². The number of amides is 1. The third kappa shape index (κ3) is 2.81. The van der Waals surface area contributed by atoms with Crippen LogP contribution in [0.3, 0.4) is 0 Å². The van der Waals surface area contributed by atoms with Gasteiger partial charge in [0.25, 0.3) is 11.6 Å². The maximum atomic E-state index is 11.7. The standard InChI is InChI=1S/C12H14N2O3/c15-12(13-8-9-2-1-3-9)10-4-6-11(7-5-10)14(16)17/h4-7,9H,1-3,8H2,(H,13,15). The molecule has 0 aliphatic heterocycles. The van der Waals surface area contributed by atoms with E-state index in [-0.39, 0.29) is 11.6 Å². The number of nitrogens with zero attached hydrogens (tertiary/aromatic N) is 1. The first-order valence-electron chi connectivity index (χ1n) is 5.69. The zero-order chi connectivity index (χ0) is 12.3. The average Bonchev–Trinajstić information content (AvgIpc) is 2.27. The molecule has 0 radical (unpaired) electrons. The monoisotopic (exact) mass is 234 g/mol. The molecule has 0 unspecified atom stereocenters. The predicted molar refractivity (Wildman–Crippen MR) is 62.8 cm³/mol. The summed E-state index contributed by atoms with van der Waals surface area (Å²) in [6, 6.07) is 5.65. The van der Waals surface area contributed by atoms with E-state index in [1.807, 2.05) is 0 Å². The number of carbonyl (C=O) groups is 1. The quantitative estimate of drug-likeness (QED) is 0.640. The zero-order valence-corrected chi connectivity index (χ0v) is 9.39. The van der Waals surface area contributed by atoms with Crippen LogP contribution < -0.4 is 5.32 Å². The van der Waals surface area contributed by atoms with Gasteiger partial charge in [-0.2, -0.15) is 0 Å². The summed E-state index contributed by atoms with van der Waals surface area (Å²) < 4.78 is 0. The van der Waals surface area contributed by atoms with Crippen molar-refractivity contribution in [3.8, 4) is 0 Å². The molecule has 0 spiro atoms. The van der Waals surface area contributed by atoms with Gasteiger partial charge >= 0.3 is 0 Å². The first-order valence-corrected chi connectivity index (χ1v) is 5.69. The van der Waals surface area contributed by atoms with Gasteiger partial charge in [-0.1, -0.05) is 6.42 Å². The van der Waals surface area contributed by atoms with Crippen LogP contribution in [0.25, 0.3) is 0 Å². The average molecular weight is 234 g/mol. The fraction of sp³-hybridized carbons (Fsp3) is 0.417. The lowest BCUT2D eigenvalue weighted by Crippen LogP contribution is -2.32. The predicted octanol–water partition coefficient (Wildman–Crippen LogP) is 2.12. The summed E-state index contributed by atoms with van der Waals surface area (Å²) in [5.74, 6) is 0.448. The molecular weight excluding hydrogens is 220 g/mol. The van der Waals surface area contributed by atoms with E-state index in [1.54, 1.807) is 0 Å². The minimum atomic E-state index is -0.476. The van der Waals surface area contributed by atoms with E-state index >= 15 is 0 Å². The normalized spacial score (nSPS) is 15.1. The number of carbonyl (C=O) groups excluding carboxylic acids is 1. The fourth-order valence-electron chi connectivity index (χ4n) is 1.77. The maximum Gasteiger partial charge on any atom is 0.269 e. The van der Waals surface area contributed by atoms with E-state index < -0.39 is 4.92 Å². The molecule has 1 aliphatic carbocycles. The summed E-state index contributed by atoms with van der Waals surface area (Å²) in [5, 5.41) is 13.3. The van der Waals surface area contributed by atoms with Gasteiger partial charge in [-0.25, -0.2) is 0 Å². The Hall–Kier alpha value is -1.91. The van der Waals surface area contributed by atoms with Crippen LogP contribution in [-0.4, -0.2) is 17.4 Å². The van der Waals surface area contributed by atoms with Gasteiger partial charge in [-0.05, 0) is 30.9 Å². The lowest BCUT2D eigenvalue weighted by atomic mass is 9.85. The number of non-ortho nitro benzene ring substituents is 1. The third-order valence-electron chi connectivity index (χ3n) is 3.12. The van der Waals surface area contributed by atoms with Gasteiger partial charge in [0.1, 0.15) is 0 Å². The van der Waals surface area contributed by atoms with Crippen LogP contribution >= 0.6 is 0 Å². The Morgan fingerprint density at radius 1 is 1.35 bits per heavy atom. The minimum Gasteiger partial charge on any atom is -0.352 e. The molecule has 1 aromatic rings. The fourth-order valence-corrected chi connectivity index (χ4v) is 1.77. The van der Waals surface area contributed by atoms with Crippen LogP contribution in [0.5, 0.6) is 0 Å². The number of nitro groups is 1. The van der Waals surface area contributed by atoms with Crippen LogP contribution in [0.4, 0.5) is 5.69 Å². The second-order valence-corrected chi connectivity index (χ2v) is 4.31. The Morgan fingerprint density at radius 2 is 2.00 bits per heavy atom. The highest BCUT2D eigenvalue weighted by Crippen LogP contribution is 2.25. The Bertz CT molecular complexity index is 424. The molecule has 1 aromatic carbocycles. The van der Waals surface area contributed by atoms with Crippen LogP contribution in [-0.2, 0) is 0 Å². The molecule has 0 atom stereocenters. The molecule has 1 aliphatic rings. The van der Waals surface area contributed by atoms with Crippen molar-refractivity contribution in [2.24, 2.45) is 5.92 Å². The molecule has 1 amide bonds. The number of hydrogen-bond donors (Lipinski definition) is 1. The lowest BCUT2D eigenvalue weighted by molar-refractivity contribution is -0.384. The molecular formula is C12H14N2O3. The molecule has 17 heavy (non-hydrogen) atoms. The van der Waals surface area contributed by atoms with Crippen LogP contribution in [0.2, 0.25) is 0 Å². The molecule has 5 nitrogen and oxygen atoms in total.